The van der Waals surface area contributed by atoms with E-state index in [2.05, 4.69) is 16.1 Å². The van der Waals surface area contributed by atoms with Gasteiger partial charge in [-0.2, -0.15) is 0 Å². The molecule has 25 heavy (non-hydrogen) atoms. The third kappa shape index (κ3) is 4.39. The zero-order valence-electron chi connectivity index (χ0n) is 13.5. The molecule has 0 aliphatic heterocycles. The van der Waals surface area contributed by atoms with Gasteiger partial charge in [0.25, 0.3) is 0 Å². The molecule has 0 aromatic heterocycles. The van der Waals surface area contributed by atoms with Crippen LogP contribution in [0.5, 0.6) is 0 Å². The molecular formula is C18H19ClN2O3S. The maximum absolute atomic E-state index is 12.2. The number of nitrogens with one attached hydrogen (secondary N) is 2. The average molecular weight is 379 g/mol. The summed E-state index contributed by atoms with van der Waals surface area (Å²) in [7, 11) is -3.67. The Kier molecular flexibility index (Phi) is 5.42. The zero-order valence-corrected chi connectivity index (χ0v) is 15.1. The lowest BCUT2D eigenvalue weighted by Gasteiger charge is -2.14. The fourth-order valence-corrected chi connectivity index (χ4v) is 4.32. The standard InChI is InChI=1S/C18H19ClN2O3S/c19-14-5-3-6-15(12-14)25(23,24)20-11-10-18(22)21-17-9-8-13-4-1-2-7-16(13)17/h1-7,12,17,20H,8-11H2,(H,21,22). The number of rotatable bonds is 6. The highest BCUT2D eigenvalue weighted by atomic mass is 35.5. The molecule has 2 N–H and O–H groups in total. The molecule has 0 spiro atoms. The number of carbonyl (C=O) groups excluding carboxylic acids is 1. The summed E-state index contributed by atoms with van der Waals surface area (Å²) in [5.74, 6) is -0.171. The average Bonchev–Trinajstić information content (AvgIpc) is 2.98. The van der Waals surface area contributed by atoms with Gasteiger partial charge in [-0.05, 0) is 42.2 Å². The van der Waals surface area contributed by atoms with Crippen LogP contribution in [-0.2, 0) is 21.2 Å². The van der Waals surface area contributed by atoms with E-state index in [4.69, 9.17) is 11.6 Å². The van der Waals surface area contributed by atoms with Crippen LogP contribution in [0, 0.1) is 0 Å². The van der Waals surface area contributed by atoms with Crippen LogP contribution in [0.3, 0.4) is 0 Å². The molecule has 2 aromatic carbocycles. The number of hydrogen-bond donors (Lipinski definition) is 2. The highest BCUT2D eigenvalue weighted by Gasteiger charge is 2.23. The van der Waals surface area contributed by atoms with Gasteiger partial charge in [-0.15, -0.1) is 0 Å². The lowest BCUT2D eigenvalue weighted by atomic mass is 10.1. The maximum atomic E-state index is 12.2. The van der Waals surface area contributed by atoms with Crippen LogP contribution in [0.25, 0.3) is 0 Å². The van der Waals surface area contributed by atoms with E-state index in [1.54, 1.807) is 12.1 Å². The van der Waals surface area contributed by atoms with Crippen molar-refractivity contribution >= 4 is 27.5 Å². The van der Waals surface area contributed by atoms with E-state index in [-0.39, 0.29) is 29.8 Å². The number of carbonyl (C=O) groups is 1. The topological polar surface area (TPSA) is 75.3 Å². The Morgan fingerprint density at radius 2 is 1.96 bits per heavy atom. The van der Waals surface area contributed by atoms with E-state index in [1.165, 1.54) is 17.7 Å². The summed E-state index contributed by atoms with van der Waals surface area (Å²) in [6.07, 6.45) is 1.90. The van der Waals surface area contributed by atoms with Crippen LogP contribution < -0.4 is 10.0 Å². The third-order valence-corrected chi connectivity index (χ3v) is 5.91. The Morgan fingerprint density at radius 1 is 1.16 bits per heavy atom. The van der Waals surface area contributed by atoms with E-state index in [0.717, 1.165) is 18.4 Å². The predicted octanol–water partition coefficient (Wildman–Crippen LogP) is 2.81. The Morgan fingerprint density at radius 3 is 2.76 bits per heavy atom. The minimum Gasteiger partial charge on any atom is -0.349 e. The number of aryl methyl sites for hydroxylation is 1. The Bertz CT molecular complexity index is 883. The molecule has 0 saturated heterocycles. The van der Waals surface area contributed by atoms with Gasteiger partial charge in [0.05, 0.1) is 10.9 Å². The van der Waals surface area contributed by atoms with Crippen molar-refractivity contribution < 1.29 is 13.2 Å². The van der Waals surface area contributed by atoms with Crippen molar-refractivity contribution in [1.82, 2.24) is 10.0 Å². The molecule has 3 rings (SSSR count). The van der Waals surface area contributed by atoms with Gasteiger partial charge in [0.2, 0.25) is 15.9 Å². The summed E-state index contributed by atoms with van der Waals surface area (Å²) in [6.45, 7) is 0.0368. The number of fused-ring (bicyclic) bond motifs is 1. The van der Waals surface area contributed by atoms with Crippen LogP contribution >= 0.6 is 11.6 Å². The number of halogens is 1. The lowest BCUT2D eigenvalue weighted by Crippen LogP contribution is -2.32. The highest BCUT2D eigenvalue weighted by molar-refractivity contribution is 7.89. The van der Waals surface area contributed by atoms with Gasteiger partial charge in [0.15, 0.2) is 0 Å². The molecule has 132 valence electrons. The number of benzene rings is 2. The lowest BCUT2D eigenvalue weighted by molar-refractivity contribution is -0.121. The summed E-state index contributed by atoms with van der Waals surface area (Å²) in [5, 5.41) is 3.32. The first-order valence-corrected chi connectivity index (χ1v) is 9.94. The van der Waals surface area contributed by atoms with Crippen molar-refractivity contribution in [2.24, 2.45) is 0 Å². The summed E-state index contributed by atoms with van der Waals surface area (Å²) >= 11 is 5.82. The molecule has 0 radical (unpaired) electrons. The summed E-state index contributed by atoms with van der Waals surface area (Å²) in [4.78, 5) is 12.2. The third-order valence-electron chi connectivity index (χ3n) is 4.22. The number of amides is 1. The zero-order chi connectivity index (χ0) is 17.9. The normalized spacial score (nSPS) is 16.4. The van der Waals surface area contributed by atoms with Gasteiger partial charge in [-0.1, -0.05) is 41.9 Å². The molecule has 0 bridgehead atoms. The number of sulfonamides is 1. The molecule has 0 heterocycles. The molecule has 1 atom stereocenters. The fourth-order valence-electron chi connectivity index (χ4n) is 2.99. The van der Waals surface area contributed by atoms with Crippen LogP contribution in [-0.4, -0.2) is 20.9 Å². The Labute approximate surface area is 152 Å². The van der Waals surface area contributed by atoms with Crippen molar-refractivity contribution in [2.45, 2.75) is 30.2 Å². The minimum absolute atomic E-state index is 0.00763. The van der Waals surface area contributed by atoms with E-state index in [9.17, 15) is 13.2 Å². The van der Waals surface area contributed by atoms with Crippen molar-refractivity contribution in [3.63, 3.8) is 0 Å². The second-order valence-corrected chi connectivity index (χ2v) is 8.17. The maximum Gasteiger partial charge on any atom is 0.240 e. The van der Waals surface area contributed by atoms with Gasteiger partial charge in [0.1, 0.15) is 0 Å². The van der Waals surface area contributed by atoms with Crippen LogP contribution in [0.2, 0.25) is 5.02 Å². The van der Waals surface area contributed by atoms with Gasteiger partial charge in [-0.3, -0.25) is 4.79 Å². The molecule has 1 aliphatic rings. The number of hydrogen-bond acceptors (Lipinski definition) is 3. The molecule has 7 heteroatoms. The molecule has 0 saturated carbocycles. The Hall–Kier alpha value is -1.89. The van der Waals surface area contributed by atoms with Crippen molar-refractivity contribution in [1.29, 1.82) is 0 Å². The van der Waals surface area contributed by atoms with Gasteiger partial charge >= 0.3 is 0 Å². The van der Waals surface area contributed by atoms with E-state index >= 15 is 0 Å². The summed E-state index contributed by atoms with van der Waals surface area (Å²) in [5.41, 5.74) is 2.41. The smallest absolute Gasteiger partial charge is 0.240 e. The molecule has 1 aliphatic carbocycles. The van der Waals surface area contributed by atoms with Gasteiger partial charge < -0.3 is 5.32 Å². The first kappa shape index (κ1) is 17.9. The summed E-state index contributed by atoms with van der Waals surface area (Å²) < 4.78 is 26.8. The van der Waals surface area contributed by atoms with Crippen LogP contribution in [0.15, 0.2) is 53.4 Å². The first-order chi connectivity index (χ1) is 12.0. The van der Waals surface area contributed by atoms with Crippen molar-refractivity contribution in [3.05, 3.63) is 64.7 Å². The fraction of sp³-hybridized carbons (Fsp3) is 0.278. The molecule has 1 unspecified atom stereocenters. The minimum atomic E-state index is -3.67. The van der Waals surface area contributed by atoms with Gasteiger partial charge in [0, 0.05) is 18.0 Å². The van der Waals surface area contributed by atoms with E-state index < -0.39 is 10.0 Å². The molecule has 2 aromatic rings. The molecule has 1 amide bonds. The molecule has 5 nitrogen and oxygen atoms in total. The Balaban J connectivity index is 1.52. The summed E-state index contributed by atoms with van der Waals surface area (Å²) in [6, 6.07) is 14.1. The molecular weight excluding hydrogens is 360 g/mol. The monoisotopic (exact) mass is 378 g/mol. The van der Waals surface area contributed by atoms with Crippen LogP contribution in [0.4, 0.5) is 0 Å². The van der Waals surface area contributed by atoms with E-state index in [0.29, 0.717) is 5.02 Å². The van der Waals surface area contributed by atoms with Crippen molar-refractivity contribution in [3.8, 4) is 0 Å². The van der Waals surface area contributed by atoms with Crippen molar-refractivity contribution in [2.75, 3.05) is 6.54 Å². The SMILES string of the molecule is O=C(CCNS(=O)(=O)c1cccc(Cl)c1)NC1CCc2ccccc21. The second kappa shape index (κ2) is 7.56. The molecule has 0 fully saturated rings. The quantitative estimate of drug-likeness (QED) is 0.811. The highest BCUT2D eigenvalue weighted by Crippen LogP contribution is 2.30. The second-order valence-electron chi connectivity index (χ2n) is 5.96. The largest absolute Gasteiger partial charge is 0.349 e. The van der Waals surface area contributed by atoms with Gasteiger partial charge in [-0.25, -0.2) is 13.1 Å². The first-order valence-electron chi connectivity index (χ1n) is 8.08. The van der Waals surface area contributed by atoms with Crippen LogP contribution in [0.1, 0.15) is 30.0 Å². The van der Waals surface area contributed by atoms with E-state index in [1.807, 2.05) is 18.2 Å². The predicted molar refractivity (Wildman–Crippen MR) is 96.9 cm³/mol.